The van der Waals surface area contributed by atoms with Gasteiger partial charge in [0.2, 0.25) is 0 Å². The number of nitriles is 1. The largest absolute Gasteiger partial charge is 0.481 e. The molecule has 1 rings (SSSR count). The Morgan fingerprint density at radius 2 is 2.12 bits per heavy atom. The van der Waals surface area contributed by atoms with Gasteiger partial charge in [-0.25, -0.2) is 0 Å². The van der Waals surface area contributed by atoms with E-state index in [1.54, 1.807) is 6.07 Å². The Balaban J connectivity index is 3.38. The molecular formula is C12H12ClNO2. The molecule has 0 aliphatic carbocycles. The molecule has 0 unspecified atom stereocenters. The minimum Gasteiger partial charge on any atom is -0.481 e. The molecule has 1 N–H and O–H groups in total. The van der Waals surface area contributed by atoms with Gasteiger partial charge in [-0.2, -0.15) is 5.26 Å². The molecule has 0 heterocycles. The zero-order chi connectivity index (χ0) is 12.1. The van der Waals surface area contributed by atoms with E-state index in [2.05, 4.69) is 6.07 Å². The Morgan fingerprint density at radius 1 is 1.50 bits per heavy atom. The van der Waals surface area contributed by atoms with Crippen LogP contribution in [0.5, 0.6) is 0 Å². The Kier molecular flexibility index (Phi) is 4.33. The first-order valence-electron chi connectivity index (χ1n) is 4.95. The molecule has 84 valence electrons. The van der Waals surface area contributed by atoms with Gasteiger partial charge < -0.3 is 5.11 Å². The Hall–Kier alpha value is -1.53. The van der Waals surface area contributed by atoms with Crippen molar-refractivity contribution in [3.05, 3.63) is 34.4 Å². The smallest absolute Gasteiger partial charge is 0.307 e. The van der Waals surface area contributed by atoms with Crippen LogP contribution in [0.3, 0.4) is 0 Å². The van der Waals surface area contributed by atoms with Crippen molar-refractivity contribution in [3.8, 4) is 6.07 Å². The summed E-state index contributed by atoms with van der Waals surface area (Å²) < 4.78 is 0. The lowest BCUT2D eigenvalue weighted by atomic mass is 9.94. The average molecular weight is 238 g/mol. The van der Waals surface area contributed by atoms with Crippen molar-refractivity contribution in [2.75, 3.05) is 0 Å². The van der Waals surface area contributed by atoms with E-state index >= 15 is 0 Å². The zero-order valence-electron chi connectivity index (χ0n) is 8.96. The molecule has 0 atom stereocenters. The number of carbonyl (C=O) groups is 1. The molecule has 0 spiro atoms. The van der Waals surface area contributed by atoms with Crippen LogP contribution in [0.2, 0.25) is 0 Å². The number of carboxylic acids is 1. The second kappa shape index (κ2) is 5.53. The normalized spacial score (nSPS) is 9.81. The van der Waals surface area contributed by atoms with Crippen molar-refractivity contribution in [2.45, 2.75) is 25.6 Å². The SMILES string of the molecule is CCc1ccc(CCl)c(CC(=O)O)c1C#N. The Bertz CT molecular complexity index is 449. The van der Waals surface area contributed by atoms with Crippen LogP contribution < -0.4 is 0 Å². The minimum atomic E-state index is -0.948. The molecule has 0 radical (unpaired) electrons. The van der Waals surface area contributed by atoms with Crippen molar-refractivity contribution in [2.24, 2.45) is 0 Å². The van der Waals surface area contributed by atoms with E-state index in [0.717, 1.165) is 11.1 Å². The number of nitrogens with zero attached hydrogens (tertiary/aromatic N) is 1. The molecule has 0 aromatic heterocycles. The minimum absolute atomic E-state index is 0.154. The monoisotopic (exact) mass is 237 g/mol. The summed E-state index contributed by atoms with van der Waals surface area (Å²) in [5.74, 6) is -0.725. The van der Waals surface area contributed by atoms with Crippen LogP contribution in [0.4, 0.5) is 0 Å². The summed E-state index contributed by atoms with van der Waals surface area (Å²) in [4.78, 5) is 10.8. The van der Waals surface area contributed by atoms with E-state index in [-0.39, 0.29) is 12.3 Å². The lowest BCUT2D eigenvalue weighted by Gasteiger charge is -2.10. The van der Waals surface area contributed by atoms with E-state index in [4.69, 9.17) is 22.0 Å². The summed E-state index contributed by atoms with van der Waals surface area (Å²) in [5, 5.41) is 17.9. The maximum atomic E-state index is 10.8. The first-order valence-corrected chi connectivity index (χ1v) is 5.49. The van der Waals surface area contributed by atoms with E-state index < -0.39 is 5.97 Å². The highest BCUT2D eigenvalue weighted by molar-refractivity contribution is 6.17. The van der Waals surface area contributed by atoms with Gasteiger partial charge >= 0.3 is 5.97 Å². The number of hydrogen-bond acceptors (Lipinski definition) is 2. The summed E-state index contributed by atoms with van der Waals surface area (Å²) in [7, 11) is 0. The van der Waals surface area contributed by atoms with Crippen molar-refractivity contribution in [3.63, 3.8) is 0 Å². The molecule has 4 heteroatoms. The molecular weight excluding hydrogens is 226 g/mol. The first kappa shape index (κ1) is 12.5. The molecule has 0 aliphatic heterocycles. The van der Waals surface area contributed by atoms with Crippen LogP contribution in [-0.4, -0.2) is 11.1 Å². The fourth-order valence-electron chi connectivity index (χ4n) is 1.65. The molecule has 0 amide bonds. The molecule has 0 saturated heterocycles. The molecule has 16 heavy (non-hydrogen) atoms. The third-order valence-electron chi connectivity index (χ3n) is 2.46. The van der Waals surface area contributed by atoms with Crippen molar-refractivity contribution in [1.29, 1.82) is 5.26 Å². The van der Waals surface area contributed by atoms with Crippen LogP contribution in [0, 0.1) is 11.3 Å². The van der Waals surface area contributed by atoms with Gasteiger partial charge in [0.1, 0.15) is 0 Å². The predicted octanol–water partition coefficient (Wildman–Crippen LogP) is 2.49. The number of hydrogen-bond donors (Lipinski definition) is 1. The zero-order valence-corrected chi connectivity index (χ0v) is 9.71. The van der Waals surface area contributed by atoms with Gasteiger partial charge in [0.25, 0.3) is 0 Å². The van der Waals surface area contributed by atoms with Gasteiger partial charge in [0, 0.05) is 5.88 Å². The third kappa shape index (κ3) is 2.53. The molecule has 3 nitrogen and oxygen atoms in total. The maximum absolute atomic E-state index is 10.8. The fraction of sp³-hybridized carbons (Fsp3) is 0.333. The highest BCUT2D eigenvalue weighted by Gasteiger charge is 2.14. The second-order valence-corrected chi connectivity index (χ2v) is 3.67. The maximum Gasteiger partial charge on any atom is 0.307 e. The van der Waals surface area contributed by atoms with Crippen molar-refractivity contribution in [1.82, 2.24) is 0 Å². The lowest BCUT2D eigenvalue weighted by molar-refractivity contribution is -0.136. The van der Waals surface area contributed by atoms with Crippen LogP contribution in [0.15, 0.2) is 12.1 Å². The molecule has 0 bridgehead atoms. The summed E-state index contributed by atoms with van der Waals surface area (Å²) in [6.45, 7) is 1.93. The molecule has 1 aromatic carbocycles. The highest BCUT2D eigenvalue weighted by Crippen LogP contribution is 2.21. The summed E-state index contributed by atoms with van der Waals surface area (Å²) in [5.41, 5.74) is 2.60. The van der Waals surface area contributed by atoms with Crippen molar-refractivity contribution < 1.29 is 9.90 Å². The highest BCUT2D eigenvalue weighted by atomic mass is 35.5. The number of rotatable bonds is 4. The predicted molar refractivity (Wildman–Crippen MR) is 61.4 cm³/mol. The molecule has 0 fully saturated rings. The molecule has 1 aromatic rings. The van der Waals surface area contributed by atoms with Crippen LogP contribution in [0.25, 0.3) is 0 Å². The number of benzene rings is 1. The number of aliphatic carboxylic acids is 1. The molecule has 0 aliphatic rings. The summed E-state index contributed by atoms with van der Waals surface area (Å²) >= 11 is 5.74. The van der Waals surface area contributed by atoms with Gasteiger partial charge in [-0.3, -0.25) is 4.79 Å². The van der Waals surface area contributed by atoms with Gasteiger partial charge in [-0.1, -0.05) is 19.1 Å². The van der Waals surface area contributed by atoms with Crippen molar-refractivity contribution >= 4 is 17.6 Å². The average Bonchev–Trinajstić information content (AvgIpc) is 2.27. The first-order chi connectivity index (χ1) is 7.63. The van der Waals surface area contributed by atoms with E-state index in [9.17, 15) is 4.79 Å². The number of halogens is 1. The summed E-state index contributed by atoms with van der Waals surface area (Å²) in [6.07, 6.45) is 0.552. The van der Waals surface area contributed by atoms with Gasteiger partial charge in [0.15, 0.2) is 0 Å². The Labute approximate surface area is 99.3 Å². The van der Waals surface area contributed by atoms with Gasteiger partial charge in [-0.05, 0) is 23.1 Å². The Morgan fingerprint density at radius 3 is 2.56 bits per heavy atom. The number of alkyl halides is 1. The quantitative estimate of drug-likeness (QED) is 0.819. The third-order valence-corrected chi connectivity index (χ3v) is 2.75. The van der Waals surface area contributed by atoms with Crippen LogP contribution in [-0.2, 0) is 23.5 Å². The van der Waals surface area contributed by atoms with E-state index in [1.807, 2.05) is 13.0 Å². The van der Waals surface area contributed by atoms with E-state index in [0.29, 0.717) is 17.5 Å². The lowest BCUT2D eigenvalue weighted by Crippen LogP contribution is -2.07. The van der Waals surface area contributed by atoms with E-state index in [1.165, 1.54) is 0 Å². The molecule has 0 saturated carbocycles. The topological polar surface area (TPSA) is 61.1 Å². The van der Waals surface area contributed by atoms with Gasteiger partial charge in [-0.15, -0.1) is 11.6 Å². The summed E-state index contributed by atoms with van der Waals surface area (Å²) in [6, 6.07) is 5.70. The standard InChI is InChI=1S/C12H12ClNO2/c1-2-8-3-4-9(6-13)10(5-12(15)16)11(8)7-14/h3-4H,2,5-6H2,1H3,(H,15,16). The van der Waals surface area contributed by atoms with Crippen LogP contribution in [0.1, 0.15) is 29.2 Å². The second-order valence-electron chi connectivity index (χ2n) is 3.41. The van der Waals surface area contributed by atoms with Gasteiger partial charge in [0.05, 0.1) is 18.1 Å². The fourth-order valence-corrected chi connectivity index (χ4v) is 1.90. The number of aryl methyl sites for hydroxylation is 1. The number of carboxylic acid groups (broad SMARTS) is 1. The van der Waals surface area contributed by atoms with Crippen LogP contribution >= 0.6 is 11.6 Å².